The van der Waals surface area contributed by atoms with Crippen molar-refractivity contribution in [3.63, 3.8) is 0 Å². The molecule has 0 saturated heterocycles. The Hall–Kier alpha value is -0.740. The summed E-state index contributed by atoms with van der Waals surface area (Å²) >= 11 is 0. The van der Waals surface area contributed by atoms with Crippen LogP contribution in [0.25, 0.3) is 0 Å². The van der Waals surface area contributed by atoms with Crippen molar-refractivity contribution in [2.75, 3.05) is 5.75 Å². The first-order chi connectivity index (χ1) is 7.17. The van der Waals surface area contributed by atoms with Gasteiger partial charge in [0.05, 0.1) is 5.75 Å². The summed E-state index contributed by atoms with van der Waals surface area (Å²) in [7, 11) is -0.972. The van der Waals surface area contributed by atoms with Crippen molar-refractivity contribution >= 4 is 10.8 Å². The predicted molar refractivity (Wildman–Crippen MR) is 61.3 cm³/mol. The van der Waals surface area contributed by atoms with Gasteiger partial charge in [-0.3, -0.25) is 4.21 Å². The predicted octanol–water partition coefficient (Wildman–Crippen LogP) is 1.94. The highest BCUT2D eigenvalue weighted by molar-refractivity contribution is 7.84. The maximum absolute atomic E-state index is 13.3. The minimum atomic E-state index is -0.972. The van der Waals surface area contributed by atoms with E-state index in [1.165, 1.54) is 6.07 Å². The molecule has 2 N–H and O–H groups in total. The Balaban J connectivity index is 2.79. The number of hydrogen-bond acceptors (Lipinski definition) is 2. The van der Waals surface area contributed by atoms with Crippen molar-refractivity contribution in [2.45, 2.75) is 25.6 Å². The lowest BCUT2D eigenvalue weighted by Crippen LogP contribution is -2.04. The van der Waals surface area contributed by atoms with E-state index in [4.69, 9.17) is 5.73 Å². The van der Waals surface area contributed by atoms with E-state index in [0.29, 0.717) is 17.9 Å². The monoisotopic (exact) mass is 229 g/mol. The fraction of sp³-hybridized carbons (Fsp3) is 0.455. The second-order valence-corrected chi connectivity index (χ2v) is 4.99. The number of hydrogen-bond donors (Lipinski definition) is 1. The molecule has 0 aliphatic carbocycles. The van der Waals surface area contributed by atoms with E-state index in [0.717, 1.165) is 12.0 Å². The third kappa shape index (κ3) is 3.72. The second-order valence-electron chi connectivity index (χ2n) is 3.42. The minimum Gasteiger partial charge on any atom is -0.326 e. The van der Waals surface area contributed by atoms with Gasteiger partial charge in [-0.2, -0.15) is 0 Å². The molecule has 4 heteroatoms. The van der Waals surface area contributed by atoms with Crippen LogP contribution in [0.4, 0.5) is 4.39 Å². The molecule has 84 valence electrons. The smallest absolute Gasteiger partial charge is 0.127 e. The normalized spacial score (nSPS) is 12.7. The number of nitrogens with two attached hydrogens (primary N) is 1. The number of benzene rings is 1. The Bertz CT molecular complexity index is 354. The maximum atomic E-state index is 13.3. The molecule has 0 radical (unpaired) electrons. The molecule has 1 unspecified atom stereocenters. The fourth-order valence-electron chi connectivity index (χ4n) is 1.34. The standard InChI is InChI=1S/C11H16FNOS/c1-2-5-15(14)8-10-6-9(7-13)3-4-11(10)12/h3-4,6H,2,5,7-8,13H2,1H3. The fourth-order valence-corrected chi connectivity index (χ4v) is 2.51. The molecule has 0 heterocycles. The Morgan fingerprint density at radius 1 is 1.47 bits per heavy atom. The first kappa shape index (κ1) is 12.3. The van der Waals surface area contributed by atoms with Gasteiger partial charge in [0.1, 0.15) is 5.82 Å². The van der Waals surface area contributed by atoms with Gasteiger partial charge in [-0.05, 0) is 18.1 Å². The molecule has 2 nitrogen and oxygen atoms in total. The van der Waals surface area contributed by atoms with Crippen LogP contribution in [0.1, 0.15) is 24.5 Å². The molecule has 15 heavy (non-hydrogen) atoms. The molecular formula is C11H16FNOS. The van der Waals surface area contributed by atoms with Crippen molar-refractivity contribution in [2.24, 2.45) is 5.73 Å². The summed E-state index contributed by atoms with van der Waals surface area (Å²) < 4.78 is 24.8. The lowest BCUT2D eigenvalue weighted by Gasteiger charge is -2.05. The van der Waals surface area contributed by atoms with Crippen LogP contribution in [0.3, 0.4) is 0 Å². The van der Waals surface area contributed by atoms with Crippen LogP contribution in [0.2, 0.25) is 0 Å². The summed E-state index contributed by atoms with van der Waals surface area (Å²) in [6.45, 7) is 2.35. The van der Waals surface area contributed by atoms with E-state index in [2.05, 4.69) is 0 Å². The summed E-state index contributed by atoms with van der Waals surface area (Å²) in [5.41, 5.74) is 6.84. The maximum Gasteiger partial charge on any atom is 0.127 e. The molecule has 0 saturated carbocycles. The third-order valence-electron chi connectivity index (χ3n) is 2.09. The van der Waals surface area contributed by atoms with Gasteiger partial charge in [0.15, 0.2) is 0 Å². The van der Waals surface area contributed by atoms with Gasteiger partial charge in [0.25, 0.3) is 0 Å². The Labute approximate surface area is 92.1 Å². The molecule has 1 atom stereocenters. The average molecular weight is 229 g/mol. The quantitative estimate of drug-likeness (QED) is 0.838. The van der Waals surface area contributed by atoms with Crippen LogP contribution in [0, 0.1) is 5.82 Å². The zero-order chi connectivity index (χ0) is 11.3. The number of rotatable bonds is 5. The van der Waals surface area contributed by atoms with Gasteiger partial charge >= 0.3 is 0 Å². The largest absolute Gasteiger partial charge is 0.326 e. The molecule has 0 aliphatic rings. The van der Waals surface area contributed by atoms with Crippen LogP contribution in [-0.2, 0) is 23.1 Å². The summed E-state index contributed by atoms with van der Waals surface area (Å²) in [4.78, 5) is 0. The van der Waals surface area contributed by atoms with Gasteiger partial charge < -0.3 is 5.73 Å². The summed E-state index contributed by atoms with van der Waals surface area (Å²) in [5.74, 6) is 0.608. The highest BCUT2D eigenvalue weighted by atomic mass is 32.2. The SMILES string of the molecule is CCCS(=O)Cc1cc(CN)ccc1F. The van der Waals surface area contributed by atoms with Crippen molar-refractivity contribution in [3.8, 4) is 0 Å². The summed E-state index contributed by atoms with van der Waals surface area (Å²) in [6, 6.07) is 4.74. The van der Waals surface area contributed by atoms with E-state index in [1.807, 2.05) is 6.92 Å². The third-order valence-corrected chi connectivity index (χ3v) is 3.59. The molecule has 0 amide bonds. The summed E-state index contributed by atoms with van der Waals surface area (Å²) in [5, 5.41) is 0. The van der Waals surface area contributed by atoms with Crippen molar-refractivity contribution in [1.82, 2.24) is 0 Å². The van der Waals surface area contributed by atoms with E-state index < -0.39 is 10.8 Å². The van der Waals surface area contributed by atoms with Crippen molar-refractivity contribution in [1.29, 1.82) is 0 Å². The van der Waals surface area contributed by atoms with E-state index in [9.17, 15) is 8.60 Å². The zero-order valence-corrected chi connectivity index (χ0v) is 9.65. The Morgan fingerprint density at radius 2 is 2.20 bits per heavy atom. The molecule has 0 bridgehead atoms. The van der Waals surface area contributed by atoms with Gasteiger partial charge in [0, 0.05) is 28.7 Å². The minimum absolute atomic E-state index is 0.285. The molecular weight excluding hydrogens is 213 g/mol. The van der Waals surface area contributed by atoms with Gasteiger partial charge in [-0.1, -0.05) is 19.1 Å². The molecule has 1 aromatic carbocycles. The van der Waals surface area contributed by atoms with Gasteiger partial charge in [-0.25, -0.2) is 4.39 Å². The van der Waals surface area contributed by atoms with Crippen molar-refractivity contribution in [3.05, 3.63) is 35.1 Å². The van der Waals surface area contributed by atoms with E-state index >= 15 is 0 Å². The van der Waals surface area contributed by atoms with Crippen molar-refractivity contribution < 1.29 is 8.60 Å². The highest BCUT2D eigenvalue weighted by Crippen LogP contribution is 2.13. The molecule has 0 spiro atoms. The van der Waals surface area contributed by atoms with Gasteiger partial charge in [0.2, 0.25) is 0 Å². The van der Waals surface area contributed by atoms with Crippen LogP contribution < -0.4 is 5.73 Å². The first-order valence-electron chi connectivity index (χ1n) is 4.99. The van der Waals surface area contributed by atoms with Gasteiger partial charge in [-0.15, -0.1) is 0 Å². The van der Waals surface area contributed by atoms with Crippen LogP contribution in [-0.4, -0.2) is 9.96 Å². The topological polar surface area (TPSA) is 43.1 Å². The molecule has 0 aromatic heterocycles. The Morgan fingerprint density at radius 3 is 2.80 bits per heavy atom. The van der Waals surface area contributed by atoms with Crippen LogP contribution >= 0.6 is 0 Å². The molecule has 1 rings (SSSR count). The lowest BCUT2D eigenvalue weighted by atomic mass is 10.1. The van der Waals surface area contributed by atoms with E-state index in [1.54, 1.807) is 12.1 Å². The van der Waals surface area contributed by atoms with Crippen LogP contribution in [0.15, 0.2) is 18.2 Å². The number of halogens is 1. The summed E-state index contributed by atoms with van der Waals surface area (Å²) in [6.07, 6.45) is 0.852. The average Bonchev–Trinajstić information content (AvgIpc) is 2.21. The zero-order valence-electron chi connectivity index (χ0n) is 8.83. The van der Waals surface area contributed by atoms with Crippen LogP contribution in [0.5, 0.6) is 0 Å². The lowest BCUT2D eigenvalue weighted by molar-refractivity contribution is 0.614. The molecule has 0 aliphatic heterocycles. The Kier molecular flexibility index (Phi) is 4.91. The molecule has 1 aromatic rings. The first-order valence-corrected chi connectivity index (χ1v) is 6.48. The highest BCUT2D eigenvalue weighted by Gasteiger charge is 2.07. The molecule has 0 fully saturated rings. The van der Waals surface area contributed by atoms with E-state index in [-0.39, 0.29) is 11.6 Å². The second kappa shape index (κ2) is 5.98.